The fourth-order valence-corrected chi connectivity index (χ4v) is 1.27. The minimum Gasteiger partial charge on any atom is -0.399 e. The molecule has 2 aromatic rings. The topological polar surface area (TPSA) is 56.7 Å². The molecule has 78 valence electrons. The molecule has 1 aromatic heterocycles. The van der Waals surface area contributed by atoms with E-state index in [1.54, 1.807) is 0 Å². The van der Waals surface area contributed by atoms with Crippen LogP contribution in [0.15, 0.2) is 30.6 Å². The number of halogens is 2. The number of rotatable bonds is 2. The van der Waals surface area contributed by atoms with Crippen LogP contribution >= 0.6 is 0 Å². The molecule has 6 heteroatoms. The Balaban J connectivity index is 2.56. The van der Waals surface area contributed by atoms with E-state index in [9.17, 15) is 8.78 Å². The van der Waals surface area contributed by atoms with Gasteiger partial charge in [-0.3, -0.25) is 0 Å². The number of alkyl halides is 2. The van der Waals surface area contributed by atoms with Gasteiger partial charge in [-0.05, 0) is 18.2 Å². The van der Waals surface area contributed by atoms with Crippen molar-refractivity contribution in [3.8, 4) is 5.69 Å². The standard InChI is InChI=1S/C9H8F2N4/c10-9(11)7-5-6(12)1-2-8(7)15-13-3-4-14-15/h1-5,9H,12H2. The lowest BCUT2D eigenvalue weighted by atomic mass is 10.1. The van der Waals surface area contributed by atoms with Gasteiger partial charge in [0.1, 0.15) is 0 Å². The maximum Gasteiger partial charge on any atom is 0.266 e. The second-order valence-corrected chi connectivity index (χ2v) is 2.94. The van der Waals surface area contributed by atoms with Crippen LogP contribution in [0.25, 0.3) is 5.69 Å². The summed E-state index contributed by atoms with van der Waals surface area (Å²) in [6.07, 6.45) is 0.242. The zero-order valence-electron chi connectivity index (χ0n) is 7.64. The van der Waals surface area contributed by atoms with E-state index in [1.165, 1.54) is 30.6 Å². The molecule has 2 rings (SSSR count). The zero-order chi connectivity index (χ0) is 10.8. The average molecular weight is 210 g/mol. The van der Waals surface area contributed by atoms with Crippen LogP contribution in [0.3, 0.4) is 0 Å². The second-order valence-electron chi connectivity index (χ2n) is 2.94. The molecule has 0 unspecified atom stereocenters. The highest BCUT2D eigenvalue weighted by molar-refractivity contribution is 5.51. The van der Waals surface area contributed by atoms with E-state index in [1.807, 2.05) is 0 Å². The van der Waals surface area contributed by atoms with E-state index in [0.29, 0.717) is 5.69 Å². The number of aromatic nitrogens is 3. The van der Waals surface area contributed by atoms with Crippen molar-refractivity contribution in [1.29, 1.82) is 0 Å². The third-order valence-electron chi connectivity index (χ3n) is 1.92. The van der Waals surface area contributed by atoms with E-state index in [-0.39, 0.29) is 11.3 Å². The summed E-state index contributed by atoms with van der Waals surface area (Å²) in [5.41, 5.74) is 5.79. The summed E-state index contributed by atoms with van der Waals surface area (Å²) in [6.45, 7) is 0. The molecule has 0 radical (unpaired) electrons. The maximum absolute atomic E-state index is 12.7. The Labute approximate surface area is 84.3 Å². The van der Waals surface area contributed by atoms with Crippen molar-refractivity contribution >= 4 is 5.69 Å². The van der Waals surface area contributed by atoms with Gasteiger partial charge in [0, 0.05) is 11.3 Å². The van der Waals surface area contributed by atoms with E-state index < -0.39 is 6.43 Å². The van der Waals surface area contributed by atoms with Crippen LogP contribution in [0.2, 0.25) is 0 Å². The van der Waals surface area contributed by atoms with Gasteiger partial charge in [0.05, 0.1) is 18.1 Å². The minimum atomic E-state index is -2.60. The monoisotopic (exact) mass is 210 g/mol. The van der Waals surface area contributed by atoms with Crippen LogP contribution in [0.4, 0.5) is 14.5 Å². The summed E-state index contributed by atoms with van der Waals surface area (Å²) in [6, 6.07) is 4.23. The van der Waals surface area contributed by atoms with Gasteiger partial charge >= 0.3 is 0 Å². The Hall–Kier alpha value is -1.98. The van der Waals surface area contributed by atoms with Crippen LogP contribution in [-0.2, 0) is 0 Å². The molecule has 0 aliphatic rings. The molecule has 2 N–H and O–H groups in total. The number of hydrogen-bond acceptors (Lipinski definition) is 3. The van der Waals surface area contributed by atoms with Crippen LogP contribution in [0, 0.1) is 0 Å². The first kappa shape index (κ1) is 9.57. The molecule has 0 atom stereocenters. The molecule has 0 saturated carbocycles. The molecule has 0 amide bonds. The van der Waals surface area contributed by atoms with E-state index in [4.69, 9.17) is 5.73 Å². The van der Waals surface area contributed by atoms with Crippen LogP contribution in [-0.4, -0.2) is 15.0 Å². The average Bonchev–Trinajstić information content (AvgIpc) is 2.70. The van der Waals surface area contributed by atoms with E-state index >= 15 is 0 Å². The molecular formula is C9H8F2N4. The van der Waals surface area contributed by atoms with Crippen molar-refractivity contribution < 1.29 is 8.78 Å². The summed E-state index contributed by atoms with van der Waals surface area (Å²) in [7, 11) is 0. The summed E-state index contributed by atoms with van der Waals surface area (Å²) in [4.78, 5) is 1.14. The predicted molar refractivity (Wildman–Crippen MR) is 50.7 cm³/mol. The fourth-order valence-electron chi connectivity index (χ4n) is 1.27. The molecule has 1 heterocycles. The van der Waals surface area contributed by atoms with Crippen LogP contribution in [0.1, 0.15) is 12.0 Å². The first-order valence-corrected chi connectivity index (χ1v) is 4.23. The Bertz CT molecular complexity index is 453. The lowest BCUT2D eigenvalue weighted by molar-refractivity contribution is 0.151. The highest BCUT2D eigenvalue weighted by Crippen LogP contribution is 2.26. The lowest BCUT2D eigenvalue weighted by Gasteiger charge is -2.08. The van der Waals surface area contributed by atoms with Gasteiger partial charge in [-0.2, -0.15) is 15.0 Å². The minimum absolute atomic E-state index is 0.175. The first-order chi connectivity index (χ1) is 7.18. The summed E-state index contributed by atoms with van der Waals surface area (Å²) < 4.78 is 25.3. The number of hydrogen-bond donors (Lipinski definition) is 1. The van der Waals surface area contributed by atoms with Gasteiger partial charge in [-0.25, -0.2) is 8.78 Å². The van der Waals surface area contributed by atoms with Gasteiger partial charge in [0.2, 0.25) is 0 Å². The molecule has 1 aromatic carbocycles. The predicted octanol–water partition coefficient (Wildman–Crippen LogP) is 1.79. The SMILES string of the molecule is Nc1ccc(-n2nccn2)c(C(F)F)c1. The van der Waals surface area contributed by atoms with Crippen molar-refractivity contribution in [1.82, 2.24) is 15.0 Å². The number of nitrogen functional groups attached to an aromatic ring is 1. The lowest BCUT2D eigenvalue weighted by Crippen LogP contribution is -2.04. The van der Waals surface area contributed by atoms with Crippen LogP contribution < -0.4 is 5.73 Å². The number of nitrogens with two attached hydrogens (primary N) is 1. The van der Waals surface area contributed by atoms with Crippen molar-refractivity contribution in [2.75, 3.05) is 5.73 Å². The van der Waals surface area contributed by atoms with Crippen molar-refractivity contribution in [3.63, 3.8) is 0 Å². The molecule has 0 saturated heterocycles. The van der Waals surface area contributed by atoms with E-state index in [0.717, 1.165) is 4.80 Å². The van der Waals surface area contributed by atoms with Crippen molar-refractivity contribution in [3.05, 3.63) is 36.2 Å². The quantitative estimate of drug-likeness (QED) is 0.769. The van der Waals surface area contributed by atoms with Gasteiger partial charge in [0.15, 0.2) is 0 Å². The normalized spacial score (nSPS) is 10.9. The molecule has 15 heavy (non-hydrogen) atoms. The van der Waals surface area contributed by atoms with Crippen LogP contribution in [0.5, 0.6) is 0 Å². The number of nitrogens with zero attached hydrogens (tertiary/aromatic N) is 3. The Morgan fingerprint density at radius 3 is 2.47 bits per heavy atom. The summed E-state index contributed by atoms with van der Waals surface area (Å²) >= 11 is 0. The van der Waals surface area contributed by atoms with E-state index in [2.05, 4.69) is 10.2 Å². The summed E-state index contributed by atoms with van der Waals surface area (Å²) in [5, 5.41) is 7.58. The Morgan fingerprint density at radius 2 is 1.87 bits per heavy atom. The van der Waals surface area contributed by atoms with Gasteiger partial charge in [-0.15, -0.1) is 0 Å². The number of benzene rings is 1. The third kappa shape index (κ3) is 1.78. The van der Waals surface area contributed by atoms with Crippen molar-refractivity contribution in [2.45, 2.75) is 6.43 Å². The zero-order valence-corrected chi connectivity index (χ0v) is 7.64. The van der Waals surface area contributed by atoms with Gasteiger partial charge in [-0.1, -0.05) is 0 Å². The molecule has 0 aliphatic carbocycles. The second kappa shape index (κ2) is 3.64. The number of anilines is 1. The highest BCUT2D eigenvalue weighted by atomic mass is 19.3. The maximum atomic E-state index is 12.7. The molecule has 0 fully saturated rings. The Morgan fingerprint density at radius 1 is 1.20 bits per heavy atom. The highest BCUT2D eigenvalue weighted by Gasteiger charge is 2.15. The third-order valence-corrected chi connectivity index (χ3v) is 1.92. The van der Waals surface area contributed by atoms with Gasteiger partial charge in [0.25, 0.3) is 6.43 Å². The van der Waals surface area contributed by atoms with Gasteiger partial charge < -0.3 is 5.73 Å². The molecular weight excluding hydrogens is 202 g/mol. The largest absolute Gasteiger partial charge is 0.399 e. The fraction of sp³-hybridized carbons (Fsp3) is 0.111. The Kier molecular flexibility index (Phi) is 2.32. The summed E-state index contributed by atoms with van der Waals surface area (Å²) in [5.74, 6) is 0. The van der Waals surface area contributed by atoms with Crippen molar-refractivity contribution in [2.24, 2.45) is 0 Å². The molecule has 0 spiro atoms. The first-order valence-electron chi connectivity index (χ1n) is 4.23. The molecule has 4 nitrogen and oxygen atoms in total. The molecule has 0 bridgehead atoms. The molecule has 0 aliphatic heterocycles. The smallest absolute Gasteiger partial charge is 0.266 e.